The van der Waals surface area contributed by atoms with Gasteiger partial charge in [-0.25, -0.2) is 9.59 Å². The van der Waals surface area contributed by atoms with Gasteiger partial charge in [0.25, 0.3) is 0 Å². The standard InChI is InChI=1S/C14H18N2O3/c1-4-5-12(13(17)18)16-14(19)15-11-7-6-9(2)10(3)8-11/h4,6-8,12H,1,5H2,2-3H3,(H,17,18)(H2,15,16,19). The van der Waals surface area contributed by atoms with E-state index in [0.717, 1.165) is 11.1 Å². The van der Waals surface area contributed by atoms with Crippen molar-refractivity contribution in [1.82, 2.24) is 5.32 Å². The molecule has 0 aliphatic rings. The number of hydrogen-bond donors (Lipinski definition) is 3. The highest BCUT2D eigenvalue weighted by Crippen LogP contribution is 2.13. The number of anilines is 1. The zero-order valence-corrected chi connectivity index (χ0v) is 11.1. The molecule has 0 aromatic heterocycles. The number of aliphatic carboxylic acids is 1. The van der Waals surface area contributed by atoms with Gasteiger partial charge in [-0.15, -0.1) is 6.58 Å². The van der Waals surface area contributed by atoms with Crippen molar-refractivity contribution in [1.29, 1.82) is 0 Å². The molecular formula is C14H18N2O3. The van der Waals surface area contributed by atoms with Crippen molar-refractivity contribution >= 4 is 17.7 Å². The molecule has 5 nitrogen and oxygen atoms in total. The third-order valence-corrected chi connectivity index (χ3v) is 2.77. The van der Waals surface area contributed by atoms with Gasteiger partial charge in [0.2, 0.25) is 0 Å². The van der Waals surface area contributed by atoms with E-state index in [-0.39, 0.29) is 6.42 Å². The Labute approximate surface area is 112 Å². The summed E-state index contributed by atoms with van der Waals surface area (Å²) in [5.74, 6) is -1.09. The van der Waals surface area contributed by atoms with Crippen LogP contribution in [0.15, 0.2) is 30.9 Å². The van der Waals surface area contributed by atoms with Gasteiger partial charge in [0.15, 0.2) is 0 Å². The molecule has 5 heteroatoms. The summed E-state index contributed by atoms with van der Waals surface area (Å²) in [5, 5.41) is 13.9. The van der Waals surface area contributed by atoms with Crippen LogP contribution in [0.25, 0.3) is 0 Å². The molecule has 0 spiro atoms. The van der Waals surface area contributed by atoms with E-state index in [1.54, 1.807) is 6.07 Å². The first-order chi connectivity index (χ1) is 8.93. The summed E-state index contributed by atoms with van der Waals surface area (Å²) in [5.41, 5.74) is 2.81. The van der Waals surface area contributed by atoms with E-state index in [1.807, 2.05) is 26.0 Å². The Morgan fingerprint density at radius 3 is 2.58 bits per heavy atom. The zero-order valence-electron chi connectivity index (χ0n) is 11.1. The van der Waals surface area contributed by atoms with Gasteiger partial charge in [-0.3, -0.25) is 0 Å². The molecular weight excluding hydrogens is 244 g/mol. The fourth-order valence-electron chi connectivity index (χ4n) is 1.53. The molecule has 19 heavy (non-hydrogen) atoms. The second kappa shape index (κ2) is 6.58. The van der Waals surface area contributed by atoms with Crippen LogP contribution in [-0.4, -0.2) is 23.1 Å². The predicted molar refractivity (Wildman–Crippen MR) is 74.3 cm³/mol. The first kappa shape index (κ1) is 14.8. The smallest absolute Gasteiger partial charge is 0.326 e. The summed E-state index contributed by atoms with van der Waals surface area (Å²) in [7, 11) is 0. The van der Waals surface area contributed by atoms with Crippen LogP contribution >= 0.6 is 0 Å². The zero-order chi connectivity index (χ0) is 14.4. The number of carbonyl (C=O) groups excluding carboxylic acids is 1. The normalized spacial score (nSPS) is 11.5. The van der Waals surface area contributed by atoms with E-state index >= 15 is 0 Å². The number of nitrogens with one attached hydrogen (secondary N) is 2. The summed E-state index contributed by atoms with van der Waals surface area (Å²) in [6.45, 7) is 7.38. The summed E-state index contributed by atoms with van der Waals surface area (Å²) in [4.78, 5) is 22.6. The monoisotopic (exact) mass is 262 g/mol. The van der Waals surface area contributed by atoms with Gasteiger partial charge in [0.05, 0.1) is 0 Å². The number of carbonyl (C=O) groups is 2. The van der Waals surface area contributed by atoms with Crippen LogP contribution in [0.3, 0.4) is 0 Å². The summed E-state index contributed by atoms with van der Waals surface area (Å²) >= 11 is 0. The number of rotatable bonds is 5. The van der Waals surface area contributed by atoms with E-state index in [0.29, 0.717) is 5.69 Å². The molecule has 0 saturated carbocycles. The molecule has 0 saturated heterocycles. The molecule has 1 rings (SSSR count). The van der Waals surface area contributed by atoms with Crippen LogP contribution < -0.4 is 10.6 Å². The van der Waals surface area contributed by atoms with Crippen molar-refractivity contribution in [3.63, 3.8) is 0 Å². The topological polar surface area (TPSA) is 78.4 Å². The molecule has 1 unspecified atom stereocenters. The fourth-order valence-corrected chi connectivity index (χ4v) is 1.53. The molecule has 1 aromatic carbocycles. The molecule has 1 atom stereocenters. The summed E-state index contributed by atoms with van der Waals surface area (Å²) in [6, 6.07) is 3.98. The Hall–Kier alpha value is -2.30. The Balaban J connectivity index is 2.65. The van der Waals surface area contributed by atoms with Crippen molar-refractivity contribution in [2.75, 3.05) is 5.32 Å². The average Bonchev–Trinajstić information content (AvgIpc) is 2.33. The largest absolute Gasteiger partial charge is 0.480 e. The van der Waals surface area contributed by atoms with Gasteiger partial charge in [0, 0.05) is 5.69 Å². The van der Waals surface area contributed by atoms with Crippen LogP contribution in [0.5, 0.6) is 0 Å². The van der Waals surface area contributed by atoms with Crippen molar-refractivity contribution in [3.05, 3.63) is 42.0 Å². The lowest BCUT2D eigenvalue weighted by molar-refractivity contribution is -0.139. The van der Waals surface area contributed by atoms with Gasteiger partial charge in [-0.2, -0.15) is 0 Å². The Morgan fingerprint density at radius 2 is 2.05 bits per heavy atom. The molecule has 0 radical (unpaired) electrons. The lowest BCUT2D eigenvalue weighted by Gasteiger charge is -2.14. The first-order valence-corrected chi connectivity index (χ1v) is 5.92. The van der Waals surface area contributed by atoms with Crippen molar-refractivity contribution in [2.24, 2.45) is 0 Å². The number of hydrogen-bond acceptors (Lipinski definition) is 2. The molecule has 0 heterocycles. The summed E-state index contributed by atoms with van der Waals surface area (Å²) in [6.07, 6.45) is 1.63. The number of benzene rings is 1. The molecule has 2 amide bonds. The molecule has 0 fully saturated rings. The third kappa shape index (κ3) is 4.46. The first-order valence-electron chi connectivity index (χ1n) is 5.92. The second-order valence-corrected chi connectivity index (χ2v) is 4.31. The van der Waals surface area contributed by atoms with Gasteiger partial charge < -0.3 is 15.7 Å². The molecule has 0 aliphatic heterocycles. The average molecular weight is 262 g/mol. The van der Waals surface area contributed by atoms with Crippen molar-refractivity contribution in [3.8, 4) is 0 Å². The lowest BCUT2D eigenvalue weighted by atomic mass is 10.1. The van der Waals surface area contributed by atoms with Gasteiger partial charge in [0.1, 0.15) is 6.04 Å². The van der Waals surface area contributed by atoms with Gasteiger partial charge in [-0.1, -0.05) is 12.1 Å². The highest BCUT2D eigenvalue weighted by molar-refractivity contribution is 5.92. The summed E-state index contributed by atoms with van der Waals surface area (Å²) < 4.78 is 0. The Morgan fingerprint density at radius 1 is 1.37 bits per heavy atom. The molecule has 0 aliphatic carbocycles. The maximum absolute atomic E-state index is 11.7. The minimum atomic E-state index is -1.09. The van der Waals surface area contributed by atoms with E-state index in [9.17, 15) is 9.59 Å². The van der Waals surface area contributed by atoms with E-state index < -0.39 is 18.0 Å². The minimum absolute atomic E-state index is 0.176. The Bertz CT molecular complexity index is 497. The quantitative estimate of drug-likeness (QED) is 0.713. The highest BCUT2D eigenvalue weighted by atomic mass is 16.4. The maximum Gasteiger partial charge on any atom is 0.326 e. The number of carboxylic acid groups (broad SMARTS) is 1. The van der Waals surface area contributed by atoms with E-state index in [2.05, 4.69) is 17.2 Å². The highest BCUT2D eigenvalue weighted by Gasteiger charge is 2.18. The number of aryl methyl sites for hydroxylation is 2. The molecule has 1 aromatic rings. The third-order valence-electron chi connectivity index (χ3n) is 2.77. The maximum atomic E-state index is 11.7. The van der Waals surface area contributed by atoms with Gasteiger partial charge in [-0.05, 0) is 43.5 Å². The molecule has 3 N–H and O–H groups in total. The Kier molecular flexibility index (Phi) is 5.11. The lowest BCUT2D eigenvalue weighted by Crippen LogP contribution is -2.42. The SMILES string of the molecule is C=CCC(NC(=O)Nc1ccc(C)c(C)c1)C(=O)O. The van der Waals surface area contributed by atoms with E-state index in [1.165, 1.54) is 6.08 Å². The fraction of sp³-hybridized carbons (Fsp3) is 0.286. The van der Waals surface area contributed by atoms with Crippen molar-refractivity contribution < 1.29 is 14.7 Å². The van der Waals surface area contributed by atoms with Crippen LogP contribution in [0.2, 0.25) is 0 Å². The van der Waals surface area contributed by atoms with E-state index in [4.69, 9.17) is 5.11 Å². The van der Waals surface area contributed by atoms with Crippen molar-refractivity contribution in [2.45, 2.75) is 26.3 Å². The molecule has 0 bridgehead atoms. The van der Waals surface area contributed by atoms with Crippen LogP contribution in [-0.2, 0) is 4.79 Å². The predicted octanol–water partition coefficient (Wildman–Crippen LogP) is 2.45. The number of amides is 2. The second-order valence-electron chi connectivity index (χ2n) is 4.31. The van der Waals surface area contributed by atoms with Crippen LogP contribution in [0.4, 0.5) is 10.5 Å². The van der Waals surface area contributed by atoms with Crippen LogP contribution in [0.1, 0.15) is 17.5 Å². The number of urea groups is 1. The van der Waals surface area contributed by atoms with Crippen LogP contribution in [0, 0.1) is 13.8 Å². The minimum Gasteiger partial charge on any atom is -0.480 e. The molecule has 102 valence electrons. The number of carboxylic acids is 1. The van der Waals surface area contributed by atoms with Gasteiger partial charge >= 0.3 is 12.0 Å².